The van der Waals surface area contributed by atoms with E-state index in [1.165, 1.54) is 11.9 Å². The highest BCUT2D eigenvalue weighted by Crippen LogP contribution is 2.41. The molecule has 0 amide bonds. The normalized spacial score (nSPS) is 11.4. The van der Waals surface area contributed by atoms with Gasteiger partial charge in [0.05, 0.1) is 16.6 Å². The van der Waals surface area contributed by atoms with Gasteiger partial charge in [-0.3, -0.25) is 9.52 Å². The van der Waals surface area contributed by atoms with Crippen molar-refractivity contribution in [1.29, 1.82) is 0 Å². The second kappa shape index (κ2) is 12.2. The van der Waals surface area contributed by atoms with Crippen molar-refractivity contribution in [3.8, 4) is 11.5 Å². The quantitative estimate of drug-likeness (QED) is 0.258. The lowest BCUT2D eigenvalue weighted by atomic mass is 9.78. The van der Waals surface area contributed by atoms with Crippen molar-refractivity contribution in [2.75, 3.05) is 19.4 Å². The highest BCUT2D eigenvalue weighted by atomic mass is 35.5. The first-order valence-electron chi connectivity index (χ1n) is 10.6. The molecular formula is C26H26Cl3NO3S. The molecule has 0 fully saturated rings. The fourth-order valence-electron chi connectivity index (χ4n) is 3.34. The Hall–Kier alpha value is -1.89. The first kappa shape index (κ1) is 26.7. The molecule has 0 aliphatic carbocycles. The molecule has 0 aliphatic heterocycles. The summed E-state index contributed by atoms with van der Waals surface area (Å²) in [4.78, 5) is 11.8. The van der Waals surface area contributed by atoms with Crippen LogP contribution in [0.1, 0.15) is 30.5 Å². The molecule has 0 aromatic heterocycles. The molecular weight excluding hydrogens is 513 g/mol. The van der Waals surface area contributed by atoms with Gasteiger partial charge in [0.15, 0.2) is 11.5 Å². The van der Waals surface area contributed by atoms with Crippen molar-refractivity contribution in [3.63, 3.8) is 0 Å². The molecule has 3 rings (SSSR count). The molecule has 0 bridgehead atoms. The molecule has 0 saturated carbocycles. The van der Waals surface area contributed by atoms with Gasteiger partial charge in [0.25, 0.3) is 0 Å². The maximum Gasteiger partial charge on any atom is 0.184 e. The number of ether oxygens (including phenoxy) is 2. The van der Waals surface area contributed by atoms with Gasteiger partial charge in [-0.05, 0) is 59.3 Å². The van der Waals surface area contributed by atoms with Crippen molar-refractivity contribution in [3.05, 3.63) is 92.4 Å². The second-order valence-corrected chi connectivity index (χ2v) is 10.1. The van der Waals surface area contributed by atoms with Crippen molar-refractivity contribution in [1.82, 2.24) is 4.72 Å². The summed E-state index contributed by atoms with van der Waals surface area (Å²) in [5.41, 5.74) is 2.54. The molecule has 4 nitrogen and oxygen atoms in total. The Morgan fingerprint density at radius 2 is 1.62 bits per heavy atom. The standard InChI is InChI=1S/C26H26Cl3NO3S/c1-26(2,18-7-9-22(10-8-18)32-16-21(31)14-30-34-3)19-12-23(28)25(24(29)13-19)33-15-17-5-4-6-20(27)11-17/h4-13,30H,14-16H2,1-3H3. The number of ketones is 1. The van der Waals surface area contributed by atoms with Crippen LogP contribution in [0.4, 0.5) is 0 Å². The van der Waals surface area contributed by atoms with Gasteiger partial charge in [0, 0.05) is 10.4 Å². The number of carbonyl (C=O) groups excluding carboxylic acids is 1. The van der Waals surface area contributed by atoms with Gasteiger partial charge >= 0.3 is 0 Å². The van der Waals surface area contributed by atoms with Crippen LogP contribution in [0.2, 0.25) is 15.1 Å². The molecule has 3 aromatic rings. The summed E-state index contributed by atoms with van der Waals surface area (Å²) in [6.07, 6.45) is 1.87. The molecule has 8 heteroatoms. The molecule has 0 unspecified atom stereocenters. The Balaban J connectivity index is 1.71. The molecule has 1 N–H and O–H groups in total. The van der Waals surface area contributed by atoms with Gasteiger partial charge in [-0.1, -0.05) is 84.9 Å². The van der Waals surface area contributed by atoms with Crippen LogP contribution in [-0.2, 0) is 16.8 Å². The van der Waals surface area contributed by atoms with Gasteiger partial charge < -0.3 is 9.47 Å². The summed E-state index contributed by atoms with van der Waals surface area (Å²) in [5.74, 6) is 1.06. The maximum atomic E-state index is 11.8. The van der Waals surface area contributed by atoms with Gasteiger partial charge in [0.2, 0.25) is 0 Å². The van der Waals surface area contributed by atoms with Crippen LogP contribution in [0.5, 0.6) is 11.5 Å². The van der Waals surface area contributed by atoms with E-state index in [1.54, 1.807) is 0 Å². The number of rotatable bonds is 11. The third kappa shape index (κ3) is 7.06. The smallest absolute Gasteiger partial charge is 0.184 e. The molecule has 180 valence electrons. The minimum atomic E-state index is -0.380. The number of Topliss-reactive ketones (excluding diaryl/α,β-unsaturated/α-hetero) is 1. The highest BCUT2D eigenvalue weighted by molar-refractivity contribution is 7.96. The average Bonchev–Trinajstić information content (AvgIpc) is 2.81. The van der Waals surface area contributed by atoms with Crippen molar-refractivity contribution in [2.24, 2.45) is 0 Å². The SMILES string of the molecule is CSNCC(=O)COc1ccc(C(C)(C)c2cc(Cl)c(OCc3cccc(Cl)c3)c(Cl)c2)cc1. The summed E-state index contributed by atoms with van der Waals surface area (Å²) >= 11 is 20.6. The highest BCUT2D eigenvalue weighted by Gasteiger charge is 2.26. The molecule has 0 atom stereocenters. The lowest BCUT2D eigenvalue weighted by Crippen LogP contribution is -2.22. The predicted molar refractivity (Wildman–Crippen MR) is 143 cm³/mol. The number of hydrogen-bond donors (Lipinski definition) is 1. The van der Waals surface area contributed by atoms with E-state index in [0.717, 1.165) is 16.7 Å². The number of carbonyl (C=O) groups is 1. The minimum Gasteiger partial charge on any atom is -0.486 e. The zero-order valence-electron chi connectivity index (χ0n) is 19.2. The van der Waals surface area contributed by atoms with Crippen LogP contribution in [0.15, 0.2) is 60.7 Å². The molecule has 0 saturated heterocycles. The van der Waals surface area contributed by atoms with E-state index >= 15 is 0 Å². The second-order valence-electron chi connectivity index (χ2n) is 8.19. The summed E-state index contributed by atoms with van der Waals surface area (Å²) in [6, 6.07) is 18.9. The van der Waals surface area contributed by atoms with Gasteiger partial charge in [0.1, 0.15) is 19.0 Å². The van der Waals surface area contributed by atoms with E-state index in [1.807, 2.05) is 66.9 Å². The van der Waals surface area contributed by atoms with Crippen LogP contribution in [-0.4, -0.2) is 25.2 Å². The Kier molecular flexibility index (Phi) is 9.57. The monoisotopic (exact) mass is 537 g/mol. The van der Waals surface area contributed by atoms with E-state index in [0.29, 0.717) is 33.2 Å². The summed E-state index contributed by atoms with van der Waals surface area (Å²) in [7, 11) is 0. The molecule has 0 spiro atoms. The number of halogens is 3. The van der Waals surface area contributed by atoms with Crippen molar-refractivity contribution >= 4 is 52.5 Å². The average molecular weight is 539 g/mol. The molecule has 3 aromatic carbocycles. The van der Waals surface area contributed by atoms with Crippen molar-refractivity contribution < 1.29 is 14.3 Å². The van der Waals surface area contributed by atoms with Gasteiger partial charge in [-0.2, -0.15) is 0 Å². The zero-order chi connectivity index (χ0) is 24.7. The number of nitrogens with one attached hydrogen (secondary N) is 1. The molecule has 34 heavy (non-hydrogen) atoms. The van der Waals surface area contributed by atoms with E-state index in [-0.39, 0.29) is 24.3 Å². The first-order valence-corrected chi connectivity index (χ1v) is 12.9. The van der Waals surface area contributed by atoms with Crippen LogP contribution in [0, 0.1) is 0 Å². The number of hydrogen-bond acceptors (Lipinski definition) is 5. The van der Waals surface area contributed by atoms with Crippen LogP contribution >= 0.6 is 46.8 Å². The Morgan fingerprint density at radius 3 is 2.24 bits per heavy atom. The summed E-state index contributed by atoms with van der Waals surface area (Å²) < 4.78 is 14.4. The lowest BCUT2D eigenvalue weighted by Gasteiger charge is -2.27. The van der Waals surface area contributed by atoms with Gasteiger partial charge in [-0.25, -0.2) is 0 Å². The first-order chi connectivity index (χ1) is 16.2. The summed E-state index contributed by atoms with van der Waals surface area (Å²) in [5, 5.41) is 1.52. The third-order valence-electron chi connectivity index (χ3n) is 5.38. The molecule has 0 aliphatic rings. The Bertz CT molecular complexity index is 1110. The van der Waals surface area contributed by atoms with E-state index in [9.17, 15) is 4.79 Å². The van der Waals surface area contributed by atoms with Crippen LogP contribution in [0.3, 0.4) is 0 Å². The Morgan fingerprint density at radius 1 is 0.941 bits per heavy atom. The van der Waals surface area contributed by atoms with Crippen LogP contribution < -0.4 is 14.2 Å². The summed E-state index contributed by atoms with van der Waals surface area (Å²) in [6.45, 7) is 4.79. The lowest BCUT2D eigenvalue weighted by molar-refractivity contribution is -0.119. The maximum absolute atomic E-state index is 11.8. The predicted octanol–water partition coefficient (Wildman–Crippen LogP) is 7.37. The zero-order valence-corrected chi connectivity index (χ0v) is 22.2. The fraction of sp³-hybridized carbons (Fsp3) is 0.269. The molecule has 0 radical (unpaired) electrons. The largest absolute Gasteiger partial charge is 0.486 e. The molecule has 0 heterocycles. The third-order valence-corrected chi connectivity index (χ3v) is 6.61. The fourth-order valence-corrected chi connectivity index (χ4v) is 4.46. The van der Waals surface area contributed by atoms with Crippen molar-refractivity contribution in [2.45, 2.75) is 25.9 Å². The minimum absolute atomic E-state index is 0.0132. The Labute approximate surface area is 220 Å². The van der Waals surface area contributed by atoms with E-state index in [2.05, 4.69) is 18.6 Å². The van der Waals surface area contributed by atoms with E-state index < -0.39 is 0 Å². The van der Waals surface area contributed by atoms with Gasteiger partial charge in [-0.15, -0.1) is 0 Å². The topological polar surface area (TPSA) is 47.6 Å². The van der Waals surface area contributed by atoms with E-state index in [4.69, 9.17) is 44.3 Å². The number of benzene rings is 3. The van der Waals surface area contributed by atoms with Crippen LogP contribution in [0.25, 0.3) is 0 Å².